The van der Waals surface area contributed by atoms with Crippen molar-refractivity contribution >= 4 is 28.3 Å². The van der Waals surface area contributed by atoms with Crippen LogP contribution in [0.1, 0.15) is 53.7 Å². The van der Waals surface area contributed by atoms with E-state index in [2.05, 4.69) is 54.8 Å². The number of imidazole rings is 1. The summed E-state index contributed by atoms with van der Waals surface area (Å²) in [5, 5.41) is 1.15. The normalized spacial score (nSPS) is 16.3. The topological polar surface area (TPSA) is 72.5 Å². The van der Waals surface area contributed by atoms with Crippen LogP contribution >= 0.6 is 0 Å². The average Bonchev–Trinajstić information content (AvgIpc) is 3.58. The summed E-state index contributed by atoms with van der Waals surface area (Å²) >= 11 is 0. The predicted molar refractivity (Wildman–Crippen MR) is 136 cm³/mol. The maximum Gasteiger partial charge on any atom is 0.276 e. The van der Waals surface area contributed by atoms with Crippen molar-refractivity contribution in [3.63, 3.8) is 0 Å². The van der Waals surface area contributed by atoms with Crippen molar-refractivity contribution in [2.45, 2.75) is 37.5 Å². The minimum atomic E-state index is -0.155. The van der Waals surface area contributed by atoms with Gasteiger partial charge in [0.15, 0.2) is 0 Å². The molecule has 2 aliphatic rings. The zero-order valence-corrected chi connectivity index (χ0v) is 19.2. The van der Waals surface area contributed by atoms with Gasteiger partial charge in [0.1, 0.15) is 0 Å². The van der Waals surface area contributed by atoms with Crippen LogP contribution in [0.5, 0.6) is 0 Å². The molecule has 3 heterocycles. The molecule has 2 aromatic carbocycles. The average molecular weight is 458 g/mol. The molecule has 5 aromatic rings. The van der Waals surface area contributed by atoms with E-state index in [0.29, 0.717) is 11.3 Å². The first-order chi connectivity index (χ1) is 17.2. The Balaban J connectivity index is 1.24. The van der Waals surface area contributed by atoms with Crippen LogP contribution in [0.25, 0.3) is 27.8 Å². The first-order valence-electron chi connectivity index (χ1n) is 12.1. The molecule has 2 saturated carbocycles. The Bertz CT molecular complexity index is 1640. The number of benzene rings is 2. The summed E-state index contributed by atoms with van der Waals surface area (Å²) in [7, 11) is 0. The van der Waals surface area contributed by atoms with Crippen LogP contribution in [-0.4, -0.2) is 31.0 Å². The van der Waals surface area contributed by atoms with Crippen LogP contribution in [-0.2, 0) is 5.41 Å². The molecule has 0 aliphatic heterocycles. The van der Waals surface area contributed by atoms with Gasteiger partial charge in [-0.1, -0.05) is 24.3 Å². The van der Waals surface area contributed by atoms with Gasteiger partial charge in [0, 0.05) is 46.2 Å². The molecule has 7 rings (SSSR count). The number of nitrogens with zero attached hydrogens (tertiary/aromatic N) is 5. The smallest absolute Gasteiger partial charge is 0.276 e. The number of hydrogen-bond donors (Lipinski definition) is 0. The summed E-state index contributed by atoms with van der Waals surface area (Å²) in [5.74, 6) is 0.540. The van der Waals surface area contributed by atoms with E-state index in [0.717, 1.165) is 65.5 Å². The Morgan fingerprint density at radius 2 is 1.74 bits per heavy atom. The third-order valence-electron chi connectivity index (χ3n) is 7.42. The Hall–Kier alpha value is -4.19. The number of fused-ring (bicyclic) bond motifs is 2. The van der Waals surface area contributed by atoms with E-state index >= 15 is 0 Å². The van der Waals surface area contributed by atoms with Crippen molar-refractivity contribution < 1.29 is 4.79 Å². The number of carbonyl (C=O) groups excluding carboxylic acids is 1. The summed E-state index contributed by atoms with van der Waals surface area (Å²) in [6, 6.07) is 18.3. The summed E-state index contributed by atoms with van der Waals surface area (Å²) in [4.78, 5) is 30.3. The molecule has 0 bridgehead atoms. The SMILES string of the molecule is O=C(N=C1CCC1)c1ccc(-c2cnc3ncc(C4(c5ccc6ncccc6c5)CC4)n3c2)cc1. The summed E-state index contributed by atoms with van der Waals surface area (Å²) in [5.41, 5.74) is 7.03. The van der Waals surface area contributed by atoms with Crippen LogP contribution in [0, 0.1) is 0 Å². The highest BCUT2D eigenvalue weighted by atomic mass is 16.1. The molecular weight excluding hydrogens is 434 g/mol. The molecule has 1 amide bonds. The van der Waals surface area contributed by atoms with Gasteiger partial charge in [0.25, 0.3) is 5.91 Å². The molecule has 6 nitrogen and oxygen atoms in total. The lowest BCUT2D eigenvalue weighted by Gasteiger charge is -2.16. The molecule has 0 N–H and O–H groups in total. The van der Waals surface area contributed by atoms with E-state index < -0.39 is 0 Å². The molecule has 170 valence electrons. The van der Waals surface area contributed by atoms with E-state index in [1.54, 1.807) is 0 Å². The lowest BCUT2D eigenvalue weighted by molar-refractivity contribution is 0.100. The minimum Gasteiger partial charge on any atom is -0.287 e. The molecular formula is C29H23N5O. The van der Waals surface area contributed by atoms with E-state index in [1.165, 1.54) is 5.56 Å². The van der Waals surface area contributed by atoms with Crippen LogP contribution < -0.4 is 0 Å². The fourth-order valence-electron chi connectivity index (χ4n) is 5.03. The van der Waals surface area contributed by atoms with Gasteiger partial charge in [-0.15, -0.1) is 0 Å². The van der Waals surface area contributed by atoms with Crippen molar-refractivity contribution in [3.8, 4) is 11.1 Å². The van der Waals surface area contributed by atoms with Gasteiger partial charge in [-0.2, -0.15) is 0 Å². The van der Waals surface area contributed by atoms with Crippen LogP contribution in [0.3, 0.4) is 0 Å². The Morgan fingerprint density at radius 3 is 2.51 bits per heavy atom. The van der Waals surface area contributed by atoms with E-state index in [4.69, 9.17) is 0 Å². The predicted octanol–water partition coefficient (Wildman–Crippen LogP) is 5.79. The zero-order chi connectivity index (χ0) is 23.4. The van der Waals surface area contributed by atoms with E-state index in [1.807, 2.05) is 48.9 Å². The molecule has 0 saturated heterocycles. The lowest BCUT2D eigenvalue weighted by Crippen LogP contribution is -2.12. The maximum absolute atomic E-state index is 12.4. The second kappa shape index (κ2) is 7.67. The van der Waals surface area contributed by atoms with Crippen LogP contribution in [0.15, 0.2) is 84.4 Å². The molecule has 0 spiro atoms. The third kappa shape index (κ3) is 3.36. The fourth-order valence-corrected chi connectivity index (χ4v) is 5.03. The van der Waals surface area contributed by atoms with Gasteiger partial charge in [0.2, 0.25) is 5.78 Å². The molecule has 6 heteroatoms. The number of pyridine rings is 1. The second-order valence-corrected chi connectivity index (χ2v) is 9.56. The highest BCUT2D eigenvalue weighted by Gasteiger charge is 2.48. The fraction of sp³-hybridized carbons (Fsp3) is 0.207. The molecule has 3 aromatic heterocycles. The monoisotopic (exact) mass is 457 g/mol. The highest BCUT2D eigenvalue weighted by Crippen LogP contribution is 2.53. The minimum absolute atomic E-state index is 0.0548. The first kappa shape index (κ1) is 20.2. The number of rotatable bonds is 4. The van der Waals surface area contributed by atoms with Crippen molar-refractivity contribution in [1.29, 1.82) is 0 Å². The molecule has 35 heavy (non-hydrogen) atoms. The van der Waals surface area contributed by atoms with Gasteiger partial charge in [-0.05, 0) is 73.6 Å². The number of aromatic nitrogens is 4. The Morgan fingerprint density at radius 1 is 0.914 bits per heavy atom. The lowest BCUT2D eigenvalue weighted by atomic mass is 9.91. The van der Waals surface area contributed by atoms with Crippen molar-refractivity contribution in [2.24, 2.45) is 4.99 Å². The molecule has 2 aliphatic carbocycles. The second-order valence-electron chi connectivity index (χ2n) is 9.56. The van der Waals surface area contributed by atoms with Crippen LogP contribution in [0.4, 0.5) is 0 Å². The van der Waals surface area contributed by atoms with Gasteiger partial charge >= 0.3 is 0 Å². The number of amides is 1. The molecule has 0 radical (unpaired) electrons. The van der Waals surface area contributed by atoms with Gasteiger partial charge in [0.05, 0.1) is 17.4 Å². The summed E-state index contributed by atoms with van der Waals surface area (Å²) < 4.78 is 2.12. The Kier molecular flexibility index (Phi) is 4.43. The van der Waals surface area contributed by atoms with Crippen LogP contribution in [0.2, 0.25) is 0 Å². The number of aliphatic imine (C=N–C) groups is 1. The van der Waals surface area contributed by atoms with Crippen molar-refractivity contribution in [3.05, 3.63) is 96.2 Å². The van der Waals surface area contributed by atoms with Crippen molar-refractivity contribution in [1.82, 2.24) is 19.4 Å². The third-order valence-corrected chi connectivity index (χ3v) is 7.42. The van der Waals surface area contributed by atoms with E-state index in [9.17, 15) is 4.79 Å². The standard InChI is InChI=1S/C29H23N5O/c35-27(33-24-4-1-5-24)20-8-6-19(7-9-20)22-16-31-28-32-17-26(34(28)18-22)29(12-13-29)23-10-11-25-21(15-23)3-2-14-30-25/h2-3,6-11,14-18H,1,4-5,12-13H2. The maximum atomic E-state index is 12.4. The Labute approximate surface area is 202 Å². The number of hydrogen-bond acceptors (Lipinski definition) is 4. The number of carbonyl (C=O) groups is 1. The van der Waals surface area contributed by atoms with Gasteiger partial charge in [-0.3, -0.25) is 14.2 Å². The zero-order valence-electron chi connectivity index (χ0n) is 19.2. The first-order valence-corrected chi connectivity index (χ1v) is 12.1. The van der Waals surface area contributed by atoms with E-state index in [-0.39, 0.29) is 11.3 Å². The van der Waals surface area contributed by atoms with Crippen molar-refractivity contribution in [2.75, 3.05) is 0 Å². The quantitative estimate of drug-likeness (QED) is 0.342. The van der Waals surface area contributed by atoms with Gasteiger partial charge < -0.3 is 0 Å². The highest BCUT2D eigenvalue weighted by molar-refractivity contribution is 6.05. The largest absolute Gasteiger partial charge is 0.287 e. The molecule has 0 atom stereocenters. The summed E-state index contributed by atoms with van der Waals surface area (Å²) in [6.45, 7) is 0. The summed E-state index contributed by atoms with van der Waals surface area (Å²) in [6.07, 6.45) is 12.9. The molecule has 0 unspecified atom stereocenters. The van der Waals surface area contributed by atoms with Gasteiger partial charge in [-0.25, -0.2) is 15.0 Å². The molecule has 2 fully saturated rings.